The van der Waals surface area contributed by atoms with Gasteiger partial charge in [0.15, 0.2) is 9.84 Å². The third-order valence-electron chi connectivity index (χ3n) is 4.27. The second-order valence-corrected chi connectivity index (χ2v) is 8.56. The fourth-order valence-electron chi connectivity index (χ4n) is 2.67. The summed E-state index contributed by atoms with van der Waals surface area (Å²) in [6.07, 6.45) is 0. The molecule has 0 radical (unpaired) electrons. The highest BCUT2D eigenvalue weighted by atomic mass is 35.5. The zero-order valence-corrected chi connectivity index (χ0v) is 15.5. The van der Waals surface area contributed by atoms with E-state index in [1.165, 1.54) is 60.5 Å². The van der Waals surface area contributed by atoms with Crippen molar-refractivity contribution in [3.63, 3.8) is 0 Å². The standard InChI is InChI=1S/C18H16ClNO5S/c1-25-18(22)13-4-2-12(3-5-13)17(21)20-10-16(11-20)26(23,24)15-8-6-14(19)7-9-15/h2-9,16H,10-11H2,1H3. The summed E-state index contributed by atoms with van der Waals surface area (Å²) in [6, 6.07) is 12.0. The first-order chi connectivity index (χ1) is 12.3. The Morgan fingerprint density at radius 2 is 1.54 bits per heavy atom. The molecule has 2 aromatic rings. The molecule has 0 aromatic heterocycles. The van der Waals surface area contributed by atoms with Crippen LogP contribution in [0, 0.1) is 0 Å². The molecule has 1 saturated heterocycles. The number of ether oxygens (including phenoxy) is 1. The van der Waals surface area contributed by atoms with Crippen LogP contribution in [0.5, 0.6) is 0 Å². The van der Waals surface area contributed by atoms with Crippen LogP contribution in [0.25, 0.3) is 0 Å². The van der Waals surface area contributed by atoms with Crippen molar-refractivity contribution in [1.82, 2.24) is 4.90 Å². The number of halogens is 1. The number of nitrogens with zero attached hydrogens (tertiary/aromatic N) is 1. The van der Waals surface area contributed by atoms with Gasteiger partial charge in [0.1, 0.15) is 5.25 Å². The number of carbonyl (C=O) groups is 2. The molecule has 8 heteroatoms. The maximum absolute atomic E-state index is 12.6. The van der Waals surface area contributed by atoms with Gasteiger partial charge in [0.2, 0.25) is 0 Å². The summed E-state index contributed by atoms with van der Waals surface area (Å²) in [5, 5.41) is -0.174. The third kappa shape index (κ3) is 3.45. The van der Waals surface area contributed by atoms with Crippen LogP contribution in [0.1, 0.15) is 20.7 Å². The van der Waals surface area contributed by atoms with Gasteiger partial charge in [-0.3, -0.25) is 4.79 Å². The van der Waals surface area contributed by atoms with Crippen LogP contribution < -0.4 is 0 Å². The fraction of sp³-hybridized carbons (Fsp3) is 0.222. The van der Waals surface area contributed by atoms with Gasteiger partial charge in [-0.1, -0.05) is 11.6 Å². The molecule has 2 aromatic carbocycles. The molecule has 6 nitrogen and oxygen atoms in total. The molecule has 0 bridgehead atoms. The molecule has 1 aliphatic heterocycles. The van der Waals surface area contributed by atoms with Crippen LogP contribution in [-0.4, -0.2) is 50.6 Å². The van der Waals surface area contributed by atoms with Crippen LogP contribution in [-0.2, 0) is 14.6 Å². The molecule has 1 heterocycles. The first kappa shape index (κ1) is 18.4. The summed E-state index contributed by atoms with van der Waals surface area (Å²) in [4.78, 5) is 25.5. The molecule has 0 spiro atoms. The highest BCUT2D eigenvalue weighted by molar-refractivity contribution is 7.92. The zero-order chi connectivity index (χ0) is 18.9. The molecular weight excluding hydrogens is 378 g/mol. The van der Waals surface area contributed by atoms with Crippen molar-refractivity contribution < 1.29 is 22.7 Å². The van der Waals surface area contributed by atoms with Gasteiger partial charge in [0, 0.05) is 23.7 Å². The molecule has 0 aliphatic carbocycles. The summed E-state index contributed by atoms with van der Waals surface area (Å²) in [5.74, 6) is -0.758. The molecule has 3 rings (SSSR count). The SMILES string of the molecule is COC(=O)c1ccc(C(=O)N2CC(S(=O)(=O)c3ccc(Cl)cc3)C2)cc1. The highest BCUT2D eigenvalue weighted by Gasteiger charge is 2.40. The summed E-state index contributed by atoms with van der Waals surface area (Å²) in [7, 11) is -2.22. The van der Waals surface area contributed by atoms with E-state index in [1.54, 1.807) is 0 Å². The number of benzene rings is 2. The predicted octanol–water partition coefficient (Wildman–Crippen LogP) is 2.42. The number of hydrogen-bond acceptors (Lipinski definition) is 5. The second kappa shape index (κ2) is 7.09. The van der Waals surface area contributed by atoms with E-state index in [4.69, 9.17) is 11.6 Å². The molecular formula is C18H16ClNO5S. The Morgan fingerprint density at radius 1 is 1.00 bits per heavy atom. The van der Waals surface area contributed by atoms with Crippen LogP contribution in [0.15, 0.2) is 53.4 Å². The lowest BCUT2D eigenvalue weighted by atomic mass is 10.1. The molecule has 26 heavy (non-hydrogen) atoms. The van der Waals surface area contributed by atoms with Crippen LogP contribution in [0.3, 0.4) is 0 Å². The average Bonchev–Trinajstić information content (AvgIpc) is 2.60. The number of rotatable bonds is 4. The Balaban J connectivity index is 1.66. The maximum atomic E-state index is 12.6. The number of amides is 1. The van der Waals surface area contributed by atoms with Crippen LogP contribution >= 0.6 is 11.6 Å². The molecule has 1 fully saturated rings. The van der Waals surface area contributed by atoms with Crippen molar-refractivity contribution in [3.8, 4) is 0 Å². The van der Waals surface area contributed by atoms with E-state index < -0.39 is 21.1 Å². The molecule has 0 atom stereocenters. The maximum Gasteiger partial charge on any atom is 0.337 e. The van der Waals surface area contributed by atoms with Crippen molar-refractivity contribution in [2.75, 3.05) is 20.2 Å². The molecule has 0 saturated carbocycles. The third-order valence-corrected chi connectivity index (χ3v) is 6.63. The van der Waals surface area contributed by atoms with Gasteiger partial charge >= 0.3 is 5.97 Å². The van der Waals surface area contributed by atoms with Crippen molar-refractivity contribution >= 4 is 33.3 Å². The van der Waals surface area contributed by atoms with E-state index in [0.29, 0.717) is 16.1 Å². The molecule has 0 unspecified atom stereocenters. The largest absolute Gasteiger partial charge is 0.465 e. The van der Waals surface area contributed by atoms with Crippen molar-refractivity contribution in [2.45, 2.75) is 10.1 Å². The number of sulfone groups is 1. The summed E-state index contributed by atoms with van der Waals surface area (Å²) in [5.41, 5.74) is 0.732. The van der Waals surface area contributed by atoms with Crippen molar-refractivity contribution in [3.05, 3.63) is 64.7 Å². The van der Waals surface area contributed by atoms with E-state index in [-0.39, 0.29) is 23.9 Å². The quantitative estimate of drug-likeness (QED) is 0.745. The second-order valence-electron chi connectivity index (χ2n) is 5.90. The summed E-state index contributed by atoms with van der Waals surface area (Å²) >= 11 is 5.79. The number of carbonyl (C=O) groups excluding carboxylic acids is 2. The average molecular weight is 394 g/mol. The minimum atomic E-state index is -3.50. The Labute approximate surface area is 156 Å². The van der Waals surface area contributed by atoms with Gasteiger partial charge in [-0.25, -0.2) is 13.2 Å². The van der Waals surface area contributed by atoms with E-state index in [2.05, 4.69) is 4.74 Å². The van der Waals surface area contributed by atoms with Gasteiger partial charge in [-0.05, 0) is 48.5 Å². The summed E-state index contributed by atoms with van der Waals surface area (Å²) in [6.45, 7) is 0.255. The monoisotopic (exact) mass is 393 g/mol. The Morgan fingerprint density at radius 3 is 2.08 bits per heavy atom. The Kier molecular flexibility index (Phi) is 5.02. The van der Waals surface area contributed by atoms with Gasteiger partial charge in [0.05, 0.1) is 17.6 Å². The molecule has 1 amide bonds. The number of methoxy groups -OCH3 is 1. The fourth-order valence-corrected chi connectivity index (χ4v) is 4.44. The lowest BCUT2D eigenvalue weighted by molar-refractivity contribution is 0.0598. The Hall–Kier alpha value is -2.38. The van der Waals surface area contributed by atoms with Crippen molar-refractivity contribution in [2.24, 2.45) is 0 Å². The minimum absolute atomic E-state index is 0.128. The summed E-state index contributed by atoms with van der Waals surface area (Å²) < 4.78 is 29.7. The molecule has 0 N–H and O–H groups in total. The number of hydrogen-bond donors (Lipinski definition) is 0. The topological polar surface area (TPSA) is 80.8 Å². The predicted molar refractivity (Wildman–Crippen MR) is 96.1 cm³/mol. The van der Waals surface area contributed by atoms with Gasteiger partial charge in [-0.2, -0.15) is 0 Å². The van der Waals surface area contributed by atoms with E-state index in [1.807, 2.05) is 0 Å². The van der Waals surface area contributed by atoms with Crippen molar-refractivity contribution in [1.29, 1.82) is 0 Å². The van der Waals surface area contributed by atoms with Crippen LogP contribution in [0.2, 0.25) is 5.02 Å². The first-order valence-corrected chi connectivity index (χ1v) is 9.72. The Bertz CT molecular complexity index is 933. The normalized spacial score (nSPS) is 14.6. The van der Waals surface area contributed by atoms with E-state index in [0.717, 1.165) is 0 Å². The smallest absolute Gasteiger partial charge is 0.337 e. The highest BCUT2D eigenvalue weighted by Crippen LogP contribution is 2.26. The first-order valence-electron chi connectivity index (χ1n) is 7.80. The zero-order valence-electron chi connectivity index (χ0n) is 13.9. The number of likely N-dealkylation sites (tertiary alicyclic amines) is 1. The van der Waals surface area contributed by atoms with Crippen LogP contribution in [0.4, 0.5) is 0 Å². The van der Waals surface area contributed by atoms with Gasteiger partial charge in [0.25, 0.3) is 5.91 Å². The minimum Gasteiger partial charge on any atom is -0.465 e. The lowest BCUT2D eigenvalue weighted by Crippen LogP contribution is -2.56. The molecule has 1 aliphatic rings. The van der Waals surface area contributed by atoms with E-state index >= 15 is 0 Å². The van der Waals surface area contributed by atoms with Gasteiger partial charge < -0.3 is 9.64 Å². The van der Waals surface area contributed by atoms with Gasteiger partial charge in [-0.15, -0.1) is 0 Å². The number of esters is 1. The molecule has 136 valence electrons. The lowest BCUT2D eigenvalue weighted by Gasteiger charge is -2.38. The van der Waals surface area contributed by atoms with E-state index in [9.17, 15) is 18.0 Å².